The van der Waals surface area contributed by atoms with Gasteiger partial charge in [0.15, 0.2) is 6.61 Å². The van der Waals surface area contributed by atoms with Crippen molar-refractivity contribution in [3.05, 3.63) is 53.2 Å². The highest BCUT2D eigenvalue weighted by molar-refractivity contribution is 7.99. The quantitative estimate of drug-likeness (QED) is 0.534. The van der Waals surface area contributed by atoms with Crippen LogP contribution in [-0.2, 0) is 22.4 Å². The van der Waals surface area contributed by atoms with Crippen molar-refractivity contribution in [3.8, 4) is 0 Å². The number of nitrogens with one attached hydrogen (secondary N) is 1. The molecule has 1 amide bonds. The van der Waals surface area contributed by atoms with Crippen LogP contribution in [0.3, 0.4) is 0 Å². The molecule has 8 heteroatoms. The molecule has 0 spiro atoms. The molecule has 2 rings (SSSR count). The lowest BCUT2D eigenvalue weighted by Gasteiger charge is -2.14. The van der Waals surface area contributed by atoms with Crippen LogP contribution >= 0.6 is 11.8 Å². The first-order chi connectivity index (χ1) is 13.0. The van der Waals surface area contributed by atoms with Gasteiger partial charge in [0, 0.05) is 11.9 Å². The minimum Gasteiger partial charge on any atom is -0.452 e. The summed E-state index contributed by atoms with van der Waals surface area (Å²) in [5, 5.41) is 2.64. The van der Waals surface area contributed by atoms with Gasteiger partial charge in [-0.25, -0.2) is 9.78 Å². The summed E-state index contributed by atoms with van der Waals surface area (Å²) in [5.41, 5.74) is 2.59. The topological polar surface area (TPSA) is 68.3 Å². The summed E-state index contributed by atoms with van der Waals surface area (Å²) in [5.74, 6) is -4.08. The number of carbonyl (C=O) groups excluding carboxylic acids is 2. The predicted octanol–water partition coefficient (Wildman–Crippen LogP) is 4.32. The number of para-hydroxylation sites is 1. The molecular weight excluding hydrogens is 374 g/mol. The van der Waals surface area contributed by atoms with Gasteiger partial charge in [-0.2, -0.15) is 8.78 Å². The average Bonchev–Trinajstić information content (AvgIpc) is 2.66. The summed E-state index contributed by atoms with van der Waals surface area (Å²) in [6.45, 7) is 3.44. The number of nitrogens with zero attached hydrogens (tertiary/aromatic N) is 1. The lowest BCUT2D eigenvalue weighted by Crippen LogP contribution is -2.22. The van der Waals surface area contributed by atoms with Crippen molar-refractivity contribution in [3.63, 3.8) is 0 Å². The summed E-state index contributed by atoms with van der Waals surface area (Å²) < 4.78 is 30.1. The highest BCUT2D eigenvalue weighted by Crippen LogP contribution is 2.27. The third-order valence-electron chi connectivity index (χ3n) is 3.79. The van der Waals surface area contributed by atoms with Crippen LogP contribution in [-0.4, -0.2) is 29.2 Å². The molecule has 1 heterocycles. The molecule has 1 N–H and O–H groups in total. The Morgan fingerprint density at radius 1 is 1.15 bits per heavy atom. The van der Waals surface area contributed by atoms with Gasteiger partial charge in [0.1, 0.15) is 5.03 Å². The number of carbonyl (C=O) groups is 2. The monoisotopic (exact) mass is 394 g/mol. The SMILES string of the molecule is CCc1cccc(CC)c1NC(=O)COC(=O)c1cccnc1SC(F)F. The Labute approximate surface area is 160 Å². The summed E-state index contributed by atoms with van der Waals surface area (Å²) in [7, 11) is 0. The number of benzene rings is 1. The number of halogens is 2. The van der Waals surface area contributed by atoms with E-state index in [1.807, 2.05) is 32.0 Å². The Morgan fingerprint density at radius 3 is 2.41 bits per heavy atom. The molecule has 0 saturated heterocycles. The lowest BCUT2D eigenvalue weighted by molar-refractivity contribution is -0.119. The van der Waals surface area contributed by atoms with E-state index in [1.54, 1.807) is 0 Å². The van der Waals surface area contributed by atoms with Crippen molar-refractivity contribution in [2.75, 3.05) is 11.9 Å². The van der Waals surface area contributed by atoms with Crippen LogP contribution in [0, 0.1) is 0 Å². The zero-order valence-corrected chi connectivity index (χ0v) is 15.8. The molecule has 2 aromatic rings. The Hall–Kier alpha value is -2.48. The van der Waals surface area contributed by atoms with Crippen LogP contribution < -0.4 is 5.32 Å². The maximum atomic E-state index is 12.6. The predicted molar refractivity (Wildman–Crippen MR) is 100 cm³/mol. The maximum Gasteiger partial charge on any atom is 0.341 e. The van der Waals surface area contributed by atoms with Crippen LogP contribution in [0.25, 0.3) is 0 Å². The number of anilines is 1. The molecule has 0 fully saturated rings. The second kappa shape index (κ2) is 10.0. The fourth-order valence-corrected chi connectivity index (χ4v) is 3.08. The Bertz CT molecular complexity index is 793. The number of hydrogen-bond donors (Lipinski definition) is 1. The number of esters is 1. The highest BCUT2D eigenvalue weighted by Gasteiger charge is 2.19. The van der Waals surface area contributed by atoms with Gasteiger partial charge >= 0.3 is 5.97 Å². The van der Waals surface area contributed by atoms with Gasteiger partial charge in [-0.15, -0.1) is 0 Å². The van der Waals surface area contributed by atoms with E-state index in [2.05, 4.69) is 10.3 Å². The minimum atomic E-state index is -2.72. The smallest absolute Gasteiger partial charge is 0.341 e. The normalized spacial score (nSPS) is 10.7. The van der Waals surface area contributed by atoms with E-state index < -0.39 is 24.2 Å². The minimum absolute atomic E-state index is 0.0983. The Balaban J connectivity index is 2.04. The van der Waals surface area contributed by atoms with Gasteiger partial charge in [0.05, 0.1) is 5.56 Å². The molecule has 0 aliphatic carbocycles. The van der Waals surface area contributed by atoms with Crippen LogP contribution in [0.5, 0.6) is 0 Å². The van der Waals surface area contributed by atoms with Gasteiger partial charge in [-0.05, 0) is 47.9 Å². The van der Waals surface area contributed by atoms with Crippen molar-refractivity contribution in [1.29, 1.82) is 0 Å². The maximum absolute atomic E-state index is 12.6. The highest BCUT2D eigenvalue weighted by atomic mass is 32.2. The van der Waals surface area contributed by atoms with E-state index in [1.165, 1.54) is 18.3 Å². The van der Waals surface area contributed by atoms with Gasteiger partial charge in [0.2, 0.25) is 0 Å². The van der Waals surface area contributed by atoms with E-state index in [0.29, 0.717) is 0 Å². The van der Waals surface area contributed by atoms with E-state index in [4.69, 9.17) is 4.74 Å². The lowest BCUT2D eigenvalue weighted by atomic mass is 10.0. The number of alkyl halides is 2. The molecule has 0 unspecified atom stereocenters. The van der Waals surface area contributed by atoms with Crippen molar-refractivity contribution < 1.29 is 23.1 Å². The van der Waals surface area contributed by atoms with Crippen molar-refractivity contribution in [2.45, 2.75) is 37.5 Å². The number of hydrogen-bond acceptors (Lipinski definition) is 5. The molecular formula is C19H20F2N2O3S. The van der Waals surface area contributed by atoms with Gasteiger partial charge in [-0.1, -0.05) is 32.0 Å². The first-order valence-electron chi connectivity index (χ1n) is 8.43. The van der Waals surface area contributed by atoms with E-state index >= 15 is 0 Å². The number of rotatable bonds is 8. The van der Waals surface area contributed by atoms with E-state index in [9.17, 15) is 18.4 Å². The Morgan fingerprint density at radius 2 is 1.81 bits per heavy atom. The first-order valence-corrected chi connectivity index (χ1v) is 9.31. The summed E-state index contributed by atoms with van der Waals surface area (Å²) in [6, 6.07) is 8.54. The number of amides is 1. The third-order valence-corrected chi connectivity index (χ3v) is 4.52. The average molecular weight is 394 g/mol. The molecule has 1 aromatic carbocycles. The fraction of sp³-hybridized carbons (Fsp3) is 0.316. The number of aromatic nitrogens is 1. The molecule has 0 saturated carbocycles. The summed E-state index contributed by atoms with van der Waals surface area (Å²) in [4.78, 5) is 28.1. The van der Waals surface area contributed by atoms with Crippen LogP contribution in [0.4, 0.5) is 14.5 Å². The van der Waals surface area contributed by atoms with E-state index in [-0.39, 0.29) is 22.4 Å². The zero-order valence-electron chi connectivity index (χ0n) is 15.0. The summed E-state index contributed by atoms with van der Waals surface area (Å²) >= 11 is 0.154. The molecule has 0 bridgehead atoms. The molecule has 0 aliphatic heterocycles. The molecule has 0 radical (unpaired) electrons. The largest absolute Gasteiger partial charge is 0.452 e. The number of ether oxygens (including phenoxy) is 1. The van der Waals surface area contributed by atoms with Gasteiger partial charge in [-0.3, -0.25) is 4.79 Å². The fourth-order valence-electron chi connectivity index (χ4n) is 2.51. The molecule has 0 aliphatic rings. The standard InChI is InChI=1S/C19H20F2N2O3S/c1-3-12-7-5-8-13(4-2)16(12)23-15(24)11-26-18(25)14-9-6-10-22-17(14)27-19(20)21/h5-10,19H,3-4,11H2,1-2H3,(H,23,24). The molecule has 0 atom stereocenters. The van der Waals surface area contributed by atoms with Gasteiger partial charge < -0.3 is 10.1 Å². The van der Waals surface area contributed by atoms with Gasteiger partial charge in [0.25, 0.3) is 11.7 Å². The zero-order chi connectivity index (χ0) is 19.8. The molecule has 27 heavy (non-hydrogen) atoms. The summed E-state index contributed by atoms with van der Waals surface area (Å²) in [6.07, 6.45) is 2.79. The number of aryl methyl sites for hydroxylation is 2. The second-order valence-corrected chi connectivity index (χ2v) is 6.50. The molecule has 1 aromatic heterocycles. The Kier molecular flexibility index (Phi) is 7.72. The molecule has 5 nitrogen and oxygen atoms in total. The third kappa shape index (κ3) is 5.75. The van der Waals surface area contributed by atoms with Crippen LogP contribution in [0.2, 0.25) is 0 Å². The van der Waals surface area contributed by atoms with E-state index in [0.717, 1.165) is 29.7 Å². The van der Waals surface area contributed by atoms with Crippen LogP contribution in [0.1, 0.15) is 35.3 Å². The number of pyridine rings is 1. The first kappa shape index (κ1) is 20.8. The number of thioether (sulfide) groups is 1. The van der Waals surface area contributed by atoms with Crippen LogP contribution in [0.15, 0.2) is 41.6 Å². The molecule has 144 valence electrons. The van der Waals surface area contributed by atoms with Crippen molar-refractivity contribution in [1.82, 2.24) is 4.98 Å². The second-order valence-electron chi connectivity index (χ2n) is 5.52. The van der Waals surface area contributed by atoms with Crippen molar-refractivity contribution >= 4 is 29.3 Å². The van der Waals surface area contributed by atoms with Crippen molar-refractivity contribution in [2.24, 2.45) is 0 Å².